The van der Waals surface area contributed by atoms with E-state index in [2.05, 4.69) is 0 Å². The predicted octanol–water partition coefficient (Wildman–Crippen LogP) is 1.78. The Morgan fingerprint density at radius 2 is 1.82 bits per heavy atom. The molecule has 0 aliphatic carbocycles. The molecule has 0 heterocycles. The molecular weight excluding hydrogens is 218 g/mol. The van der Waals surface area contributed by atoms with Crippen molar-refractivity contribution in [1.82, 2.24) is 0 Å². The van der Waals surface area contributed by atoms with Crippen LogP contribution < -0.4 is 10.5 Å². The summed E-state index contributed by atoms with van der Waals surface area (Å²) in [6.45, 7) is 5.39. The normalized spacial score (nSPS) is 11.0. The van der Waals surface area contributed by atoms with E-state index in [1.165, 1.54) is 0 Å². The third kappa shape index (κ3) is 3.59. The van der Waals surface area contributed by atoms with Gasteiger partial charge in [-0.3, -0.25) is 9.59 Å². The lowest BCUT2D eigenvalue weighted by Gasteiger charge is -2.17. The van der Waals surface area contributed by atoms with Crippen molar-refractivity contribution in [2.75, 3.05) is 6.61 Å². The molecule has 0 fully saturated rings. The highest BCUT2D eigenvalue weighted by Crippen LogP contribution is 2.19. The minimum absolute atomic E-state index is 0.0308. The molecule has 0 saturated carbocycles. The fraction of sp³-hybridized carbons (Fsp3) is 0.385. The molecule has 4 nitrogen and oxygen atoms in total. The molecule has 1 rings (SSSR count). The maximum absolute atomic E-state index is 11.7. The van der Waals surface area contributed by atoms with Gasteiger partial charge in [0.05, 0.1) is 5.56 Å². The number of ketones is 1. The number of amides is 1. The van der Waals surface area contributed by atoms with Gasteiger partial charge in [0.25, 0.3) is 5.91 Å². The van der Waals surface area contributed by atoms with E-state index in [0.29, 0.717) is 5.75 Å². The molecule has 1 aromatic rings. The van der Waals surface area contributed by atoms with Gasteiger partial charge in [0.15, 0.2) is 5.78 Å². The van der Waals surface area contributed by atoms with Crippen LogP contribution in [0, 0.1) is 5.41 Å². The third-order valence-electron chi connectivity index (χ3n) is 2.35. The molecule has 1 amide bonds. The third-order valence-corrected chi connectivity index (χ3v) is 2.35. The van der Waals surface area contributed by atoms with Crippen LogP contribution in [0.1, 0.15) is 31.1 Å². The number of hydrogen-bond acceptors (Lipinski definition) is 3. The first-order chi connectivity index (χ1) is 7.82. The SMILES string of the molecule is CC(C)(C)C(=O)COc1ccccc1C(N)=O. The Balaban J connectivity index is 2.77. The van der Waals surface area contributed by atoms with Crippen LogP contribution in [-0.4, -0.2) is 18.3 Å². The number of para-hydroxylation sites is 1. The number of nitrogens with two attached hydrogens (primary N) is 1. The van der Waals surface area contributed by atoms with Crippen LogP contribution in [0.4, 0.5) is 0 Å². The highest BCUT2D eigenvalue weighted by atomic mass is 16.5. The average Bonchev–Trinajstić information content (AvgIpc) is 2.24. The van der Waals surface area contributed by atoms with Gasteiger partial charge >= 0.3 is 0 Å². The quantitative estimate of drug-likeness (QED) is 0.864. The van der Waals surface area contributed by atoms with Crippen molar-refractivity contribution >= 4 is 11.7 Å². The van der Waals surface area contributed by atoms with Gasteiger partial charge in [0.2, 0.25) is 0 Å². The van der Waals surface area contributed by atoms with Crippen LogP contribution in [-0.2, 0) is 4.79 Å². The summed E-state index contributed by atoms with van der Waals surface area (Å²) < 4.78 is 5.34. The van der Waals surface area contributed by atoms with E-state index in [0.717, 1.165) is 0 Å². The van der Waals surface area contributed by atoms with Crippen LogP contribution in [0.5, 0.6) is 5.75 Å². The topological polar surface area (TPSA) is 69.4 Å². The second kappa shape index (κ2) is 4.99. The summed E-state index contributed by atoms with van der Waals surface area (Å²) in [6.07, 6.45) is 0. The second-order valence-electron chi connectivity index (χ2n) is 4.82. The lowest BCUT2D eigenvalue weighted by Crippen LogP contribution is -2.26. The van der Waals surface area contributed by atoms with Crippen LogP contribution >= 0.6 is 0 Å². The van der Waals surface area contributed by atoms with Crippen molar-refractivity contribution in [3.05, 3.63) is 29.8 Å². The summed E-state index contributed by atoms with van der Waals surface area (Å²) >= 11 is 0. The van der Waals surface area contributed by atoms with E-state index in [1.54, 1.807) is 24.3 Å². The van der Waals surface area contributed by atoms with Gasteiger partial charge < -0.3 is 10.5 Å². The Hall–Kier alpha value is -1.84. The number of primary amides is 1. The molecular formula is C13H17NO3. The molecule has 0 spiro atoms. The Kier molecular flexibility index (Phi) is 3.89. The number of hydrogen-bond donors (Lipinski definition) is 1. The standard InChI is InChI=1S/C13H17NO3/c1-13(2,3)11(15)8-17-10-7-5-4-6-9(10)12(14)16/h4-7H,8H2,1-3H3,(H2,14,16). The molecule has 0 bridgehead atoms. The zero-order valence-electron chi connectivity index (χ0n) is 10.3. The number of ether oxygens (including phenoxy) is 1. The monoisotopic (exact) mass is 235 g/mol. The molecule has 2 N–H and O–H groups in total. The van der Waals surface area contributed by atoms with Crippen LogP contribution in [0.15, 0.2) is 24.3 Å². The van der Waals surface area contributed by atoms with Gasteiger partial charge in [-0.1, -0.05) is 32.9 Å². The molecule has 92 valence electrons. The van der Waals surface area contributed by atoms with E-state index in [9.17, 15) is 9.59 Å². The van der Waals surface area contributed by atoms with Gasteiger partial charge in [0, 0.05) is 5.41 Å². The molecule has 0 radical (unpaired) electrons. The van der Waals surface area contributed by atoms with E-state index < -0.39 is 11.3 Å². The van der Waals surface area contributed by atoms with Crippen LogP contribution in [0.3, 0.4) is 0 Å². The van der Waals surface area contributed by atoms with Crippen LogP contribution in [0.25, 0.3) is 0 Å². The van der Waals surface area contributed by atoms with Crippen molar-refractivity contribution < 1.29 is 14.3 Å². The number of benzene rings is 1. The Labute approximate surface area is 101 Å². The maximum Gasteiger partial charge on any atom is 0.252 e. The highest BCUT2D eigenvalue weighted by Gasteiger charge is 2.22. The lowest BCUT2D eigenvalue weighted by atomic mass is 9.91. The zero-order chi connectivity index (χ0) is 13.1. The Morgan fingerprint density at radius 1 is 1.24 bits per heavy atom. The van der Waals surface area contributed by atoms with Gasteiger partial charge in [-0.25, -0.2) is 0 Å². The Morgan fingerprint density at radius 3 is 2.35 bits per heavy atom. The first-order valence-electron chi connectivity index (χ1n) is 5.37. The fourth-order valence-corrected chi connectivity index (χ4v) is 1.16. The second-order valence-corrected chi connectivity index (χ2v) is 4.82. The van der Waals surface area contributed by atoms with Gasteiger partial charge in [0.1, 0.15) is 12.4 Å². The van der Waals surface area contributed by atoms with Gasteiger partial charge in [-0.05, 0) is 12.1 Å². The minimum atomic E-state index is -0.566. The molecule has 0 aliphatic rings. The summed E-state index contributed by atoms with van der Waals surface area (Å²) in [6, 6.07) is 6.61. The summed E-state index contributed by atoms with van der Waals surface area (Å²) in [5.41, 5.74) is 5.03. The molecule has 1 aromatic carbocycles. The number of rotatable bonds is 4. The summed E-state index contributed by atoms with van der Waals surface area (Å²) in [4.78, 5) is 22.8. The predicted molar refractivity (Wildman–Crippen MR) is 64.9 cm³/mol. The molecule has 17 heavy (non-hydrogen) atoms. The van der Waals surface area contributed by atoms with Crippen molar-refractivity contribution in [2.45, 2.75) is 20.8 Å². The van der Waals surface area contributed by atoms with Gasteiger partial charge in [-0.2, -0.15) is 0 Å². The van der Waals surface area contributed by atoms with Crippen molar-refractivity contribution in [1.29, 1.82) is 0 Å². The minimum Gasteiger partial charge on any atom is -0.485 e. The molecule has 0 aromatic heterocycles. The molecule has 0 saturated heterocycles. The van der Waals surface area contributed by atoms with Crippen molar-refractivity contribution in [3.63, 3.8) is 0 Å². The first kappa shape index (κ1) is 13.2. The van der Waals surface area contributed by atoms with E-state index >= 15 is 0 Å². The van der Waals surface area contributed by atoms with Crippen LogP contribution in [0.2, 0.25) is 0 Å². The molecule has 0 aliphatic heterocycles. The van der Waals surface area contributed by atoms with E-state index in [4.69, 9.17) is 10.5 Å². The first-order valence-corrected chi connectivity index (χ1v) is 5.37. The van der Waals surface area contributed by atoms with E-state index in [-0.39, 0.29) is 18.0 Å². The molecule has 4 heteroatoms. The lowest BCUT2D eigenvalue weighted by molar-refractivity contribution is -0.128. The van der Waals surface area contributed by atoms with E-state index in [1.807, 2.05) is 20.8 Å². The Bertz CT molecular complexity index is 433. The summed E-state index contributed by atoms with van der Waals surface area (Å²) in [5.74, 6) is -0.252. The van der Waals surface area contributed by atoms with Gasteiger partial charge in [-0.15, -0.1) is 0 Å². The summed E-state index contributed by atoms with van der Waals surface area (Å²) in [7, 11) is 0. The van der Waals surface area contributed by atoms with Crippen molar-refractivity contribution in [3.8, 4) is 5.75 Å². The highest BCUT2D eigenvalue weighted by molar-refractivity contribution is 5.95. The van der Waals surface area contributed by atoms with Crippen molar-refractivity contribution in [2.24, 2.45) is 11.1 Å². The number of carbonyl (C=O) groups is 2. The molecule has 0 unspecified atom stereocenters. The number of Topliss-reactive ketones (excluding diaryl/α,β-unsaturated/α-hetero) is 1. The smallest absolute Gasteiger partial charge is 0.252 e. The zero-order valence-corrected chi connectivity index (χ0v) is 10.3. The maximum atomic E-state index is 11.7. The number of carbonyl (C=O) groups excluding carboxylic acids is 2. The molecule has 0 atom stereocenters. The average molecular weight is 235 g/mol. The largest absolute Gasteiger partial charge is 0.485 e. The summed E-state index contributed by atoms with van der Waals surface area (Å²) in [5, 5.41) is 0. The fourth-order valence-electron chi connectivity index (χ4n) is 1.16.